The Kier molecular flexibility index (Phi) is 6.41. The minimum absolute atomic E-state index is 0. The van der Waals surface area contributed by atoms with E-state index >= 15 is 0 Å². The fraction of sp³-hybridized carbons (Fsp3) is 0.611. The van der Waals surface area contributed by atoms with Crippen molar-refractivity contribution < 1.29 is 19.0 Å². The van der Waals surface area contributed by atoms with Crippen molar-refractivity contribution in [2.45, 2.75) is 19.3 Å². The third-order valence-electron chi connectivity index (χ3n) is 5.38. The van der Waals surface area contributed by atoms with Crippen LogP contribution >= 0.6 is 12.4 Å². The van der Waals surface area contributed by atoms with Crippen LogP contribution in [-0.4, -0.2) is 58.3 Å². The van der Waals surface area contributed by atoms with E-state index in [2.05, 4.69) is 5.32 Å². The zero-order valence-electron chi connectivity index (χ0n) is 15.1. The summed E-state index contributed by atoms with van der Waals surface area (Å²) in [6, 6.07) is 3.50. The van der Waals surface area contributed by atoms with Crippen LogP contribution < -0.4 is 19.5 Å². The summed E-state index contributed by atoms with van der Waals surface area (Å²) in [5.74, 6) is 1.44. The highest BCUT2D eigenvalue weighted by atomic mass is 35.5. The first-order valence-corrected chi connectivity index (χ1v) is 8.43. The number of amides is 1. The Morgan fingerprint density at radius 2 is 1.72 bits per heavy atom. The lowest BCUT2D eigenvalue weighted by Crippen LogP contribution is -2.44. The molecule has 0 atom stereocenters. The van der Waals surface area contributed by atoms with Gasteiger partial charge in [0.1, 0.15) is 0 Å². The van der Waals surface area contributed by atoms with Crippen LogP contribution in [0.1, 0.15) is 29.6 Å². The Balaban J connectivity index is 0.00000225. The molecule has 1 aromatic rings. The molecule has 140 valence electrons. The first-order valence-electron chi connectivity index (χ1n) is 8.43. The van der Waals surface area contributed by atoms with Gasteiger partial charge in [0.2, 0.25) is 5.75 Å². The molecule has 6 nitrogen and oxygen atoms in total. The molecule has 1 amide bonds. The zero-order chi connectivity index (χ0) is 17.2. The van der Waals surface area contributed by atoms with Crippen LogP contribution in [0.2, 0.25) is 0 Å². The average Bonchev–Trinajstić information content (AvgIpc) is 3.08. The van der Waals surface area contributed by atoms with Crippen LogP contribution in [0, 0.1) is 5.41 Å². The standard InChI is InChI=1S/C18H26N2O4.ClH/c1-22-14-5-4-13(15(23-2)16(14)24-3)17(21)20-10-7-18(8-11-20)6-9-19-12-18;/h4-5,19H,6-12H2,1-3H3;1H. The number of hydrogen-bond acceptors (Lipinski definition) is 5. The minimum Gasteiger partial charge on any atom is -0.493 e. The molecule has 0 unspecified atom stereocenters. The number of carbonyl (C=O) groups excluding carboxylic acids is 1. The summed E-state index contributed by atoms with van der Waals surface area (Å²) in [4.78, 5) is 14.9. The van der Waals surface area contributed by atoms with Gasteiger partial charge in [0.25, 0.3) is 5.91 Å². The van der Waals surface area contributed by atoms with Gasteiger partial charge in [-0.25, -0.2) is 0 Å². The summed E-state index contributed by atoms with van der Waals surface area (Å²) in [6.45, 7) is 3.75. The molecule has 0 bridgehead atoms. The summed E-state index contributed by atoms with van der Waals surface area (Å²) in [5, 5.41) is 3.45. The molecule has 7 heteroatoms. The second-order valence-corrected chi connectivity index (χ2v) is 6.60. The lowest BCUT2D eigenvalue weighted by molar-refractivity contribution is 0.0604. The first-order chi connectivity index (χ1) is 11.6. The largest absolute Gasteiger partial charge is 0.493 e. The van der Waals surface area contributed by atoms with E-state index in [4.69, 9.17) is 14.2 Å². The van der Waals surface area contributed by atoms with Gasteiger partial charge >= 0.3 is 0 Å². The number of methoxy groups -OCH3 is 3. The zero-order valence-corrected chi connectivity index (χ0v) is 15.9. The lowest BCUT2D eigenvalue weighted by atomic mass is 9.78. The van der Waals surface area contributed by atoms with Gasteiger partial charge in [-0.1, -0.05) is 0 Å². The molecule has 2 aliphatic heterocycles. The van der Waals surface area contributed by atoms with E-state index in [9.17, 15) is 4.79 Å². The van der Waals surface area contributed by atoms with Gasteiger partial charge in [-0.05, 0) is 43.4 Å². The number of ether oxygens (including phenoxy) is 3. The molecule has 0 aromatic heterocycles. The fourth-order valence-electron chi connectivity index (χ4n) is 3.85. The second kappa shape index (κ2) is 8.15. The van der Waals surface area contributed by atoms with E-state index in [-0.39, 0.29) is 18.3 Å². The summed E-state index contributed by atoms with van der Waals surface area (Å²) in [6.07, 6.45) is 3.33. The number of carbonyl (C=O) groups is 1. The minimum atomic E-state index is -0.00592. The molecule has 2 aliphatic rings. The number of hydrogen-bond donors (Lipinski definition) is 1. The number of benzene rings is 1. The molecule has 2 heterocycles. The average molecular weight is 371 g/mol. The van der Waals surface area contributed by atoms with Crippen LogP contribution in [0.3, 0.4) is 0 Å². The summed E-state index contributed by atoms with van der Waals surface area (Å²) >= 11 is 0. The van der Waals surface area contributed by atoms with E-state index in [1.807, 2.05) is 4.90 Å². The maximum atomic E-state index is 13.0. The third kappa shape index (κ3) is 3.65. The van der Waals surface area contributed by atoms with Gasteiger partial charge in [0.05, 0.1) is 26.9 Å². The number of piperidine rings is 1. The molecule has 0 aliphatic carbocycles. The van der Waals surface area contributed by atoms with Crippen LogP contribution in [0.15, 0.2) is 12.1 Å². The first kappa shape index (κ1) is 19.7. The fourth-order valence-corrected chi connectivity index (χ4v) is 3.85. The molecule has 25 heavy (non-hydrogen) atoms. The number of nitrogens with one attached hydrogen (secondary N) is 1. The molecule has 3 rings (SSSR count). The van der Waals surface area contributed by atoms with Gasteiger partial charge in [-0.3, -0.25) is 4.79 Å². The maximum Gasteiger partial charge on any atom is 0.257 e. The molecule has 2 fully saturated rings. The summed E-state index contributed by atoms with van der Waals surface area (Å²) in [5.41, 5.74) is 0.911. The highest BCUT2D eigenvalue weighted by molar-refractivity contribution is 5.98. The quantitative estimate of drug-likeness (QED) is 0.881. The monoisotopic (exact) mass is 370 g/mol. The Morgan fingerprint density at radius 1 is 1.04 bits per heavy atom. The predicted molar refractivity (Wildman–Crippen MR) is 98.4 cm³/mol. The van der Waals surface area contributed by atoms with E-state index in [0.29, 0.717) is 28.2 Å². The molecule has 0 saturated carbocycles. The Bertz CT molecular complexity index is 607. The smallest absolute Gasteiger partial charge is 0.257 e. The molecule has 1 N–H and O–H groups in total. The van der Waals surface area contributed by atoms with Crippen molar-refractivity contribution in [1.29, 1.82) is 0 Å². The second-order valence-electron chi connectivity index (χ2n) is 6.60. The van der Waals surface area contributed by atoms with Crippen molar-refractivity contribution >= 4 is 18.3 Å². The van der Waals surface area contributed by atoms with Crippen molar-refractivity contribution in [2.75, 3.05) is 47.5 Å². The Hall–Kier alpha value is -1.66. The van der Waals surface area contributed by atoms with Crippen molar-refractivity contribution in [2.24, 2.45) is 5.41 Å². The SMILES string of the molecule is COc1ccc(C(=O)N2CCC3(CCNC3)CC2)c(OC)c1OC.Cl. The normalized spacial score (nSPS) is 18.6. The van der Waals surface area contributed by atoms with Crippen molar-refractivity contribution in [3.63, 3.8) is 0 Å². The highest BCUT2D eigenvalue weighted by Gasteiger charge is 2.38. The van der Waals surface area contributed by atoms with Crippen molar-refractivity contribution in [3.8, 4) is 17.2 Å². The highest BCUT2D eigenvalue weighted by Crippen LogP contribution is 2.41. The number of rotatable bonds is 4. The van der Waals surface area contributed by atoms with Crippen LogP contribution in [0.4, 0.5) is 0 Å². The van der Waals surface area contributed by atoms with Gasteiger partial charge in [0, 0.05) is 19.6 Å². The lowest BCUT2D eigenvalue weighted by Gasteiger charge is -2.39. The maximum absolute atomic E-state index is 13.0. The van der Waals surface area contributed by atoms with E-state index in [1.54, 1.807) is 33.5 Å². The van der Waals surface area contributed by atoms with E-state index in [1.165, 1.54) is 6.42 Å². The summed E-state index contributed by atoms with van der Waals surface area (Å²) < 4.78 is 16.1. The van der Waals surface area contributed by atoms with Crippen LogP contribution in [-0.2, 0) is 0 Å². The summed E-state index contributed by atoms with van der Waals surface area (Å²) in [7, 11) is 4.66. The van der Waals surface area contributed by atoms with Gasteiger partial charge in [-0.2, -0.15) is 0 Å². The van der Waals surface area contributed by atoms with Gasteiger partial charge in [0.15, 0.2) is 11.5 Å². The third-order valence-corrected chi connectivity index (χ3v) is 5.38. The van der Waals surface area contributed by atoms with Gasteiger partial charge in [-0.15, -0.1) is 12.4 Å². The molecule has 1 aromatic carbocycles. The molecule has 1 spiro atoms. The molecular formula is C18H27ClN2O4. The topological polar surface area (TPSA) is 60.0 Å². The van der Waals surface area contributed by atoms with E-state index in [0.717, 1.165) is 39.0 Å². The number of nitrogens with zero attached hydrogens (tertiary/aromatic N) is 1. The van der Waals surface area contributed by atoms with E-state index < -0.39 is 0 Å². The Morgan fingerprint density at radius 3 is 2.24 bits per heavy atom. The predicted octanol–water partition coefficient (Wildman–Crippen LogP) is 2.35. The van der Waals surface area contributed by atoms with Crippen molar-refractivity contribution in [1.82, 2.24) is 10.2 Å². The Labute approximate surface area is 155 Å². The van der Waals surface area contributed by atoms with Crippen LogP contribution in [0.5, 0.6) is 17.2 Å². The number of halogens is 1. The van der Waals surface area contributed by atoms with Crippen LogP contribution in [0.25, 0.3) is 0 Å². The van der Waals surface area contributed by atoms with Crippen molar-refractivity contribution in [3.05, 3.63) is 17.7 Å². The molecular weight excluding hydrogens is 344 g/mol. The number of likely N-dealkylation sites (tertiary alicyclic amines) is 1. The molecule has 0 radical (unpaired) electrons. The van der Waals surface area contributed by atoms with Gasteiger partial charge < -0.3 is 24.4 Å². The molecule has 2 saturated heterocycles.